The summed E-state index contributed by atoms with van der Waals surface area (Å²) >= 11 is 0. The van der Waals surface area contributed by atoms with Crippen molar-refractivity contribution in [1.29, 1.82) is 0 Å². The van der Waals surface area contributed by atoms with E-state index in [9.17, 15) is 0 Å². The van der Waals surface area contributed by atoms with Crippen molar-refractivity contribution in [3.8, 4) is 5.75 Å². The van der Waals surface area contributed by atoms with Gasteiger partial charge in [-0.25, -0.2) is 0 Å². The molecule has 3 N–H and O–H groups in total. The van der Waals surface area contributed by atoms with Crippen LogP contribution in [-0.4, -0.2) is 19.1 Å². The molecule has 1 saturated carbocycles. The van der Waals surface area contributed by atoms with Crippen molar-refractivity contribution in [2.45, 2.75) is 44.6 Å². The number of hydrogen-bond donors (Lipinski definition) is 2. The van der Waals surface area contributed by atoms with Crippen molar-refractivity contribution in [3.63, 3.8) is 0 Å². The summed E-state index contributed by atoms with van der Waals surface area (Å²) in [5.41, 5.74) is 7.26. The van der Waals surface area contributed by atoms with Crippen LogP contribution in [0, 0.1) is 5.92 Å². The Morgan fingerprint density at radius 2 is 2.00 bits per heavy atom. The third kappa shape index (κ3) is 3.69. The summed E-state index contributed by atoms with van der Waals surface area (Å²) < 4.78 is 5.67. The van der Waals surface area contributed by atoms with E-state index >= 15 is 0 Å². The summed E-state index contributed by atoms with van der Waals surface area (Å²) in [6, 6.07) is 8.36. The number of guanidine groups is 1. The number of ether oxygens (including phenoxy) is 1. The fraction of sp³-hybridized carbons (Fsp3) is 0.588. The number of para-hydroxylation sites is 1. The number of nitrogens with two attached hydrogens (primary N) is 1. The molecular formula is C17H25N3O. The van der Waals surface area contributed by atoms with E-state index in [4.69, 9.17) is 10.5 Å². The van der Waals surface area contributed by atoms with E-state index in [0.717, 1.165) is 31.2 Å². The van der Waals surface area contributed by atoms with Gasteiger partial charge in [0.15, 0.2) is 5.96 Å². The van der Waals surface area contributed by atoms with Crippen LogP contribution in [0.25, 0.3) is 0 Å². The van der Waals surface area contributed by atoms with Gasteiger partial charge in [-0.1, -0.05) is 37.5 Å². The first-order valence-corrected chi connectivity index (χ1v) is 8.11. The number of aliphatic imine (C=N–C) groups is 1. The summed E-state index contributed by atoms with van der Waals surface area (Å²) in [7, 11) is 0. The van der Waals surface area contributed by atoms with E-state index < -0.39 is 0 Å². The van der Waals surface area contributed by atoms with Crippen LogP contribution in [0.2, 0.25) is 0 Å². The molecule has 1 atom stereocenters. The standard InChI is InChI=1S/C17H25N3O/c18-17(19-12-13-6-2-1-3-7-13)20-15-10-11-21-16-9-5-4-8-14(15)16/h4-5,8-9,13,15H,1-3,6-7,10-12H2,(H3,18,19,20). The van der Waals surface area contributed by atoms with Crippen LogP contribution in [0.5, 0.6) is 5.75 Å². The second-order valence-corrected chi connectivity index (χ2v) is 6.10. The lowest BCUT2D eigenvalue weighted by molar-refractivity contribution is 0.262. The van der Waals surface area contributed by atoms with E-state index in [0.29, 0.717) is 5.96 Å². The molecule has 4 nitrogen and oxygen atoms in total. The largest absolute Gasteiger partial charge is 0.493 e. The van der Waals surface area contributed by atoms with E-state index in [1.165, 1.54) is 37.7 Å². The maximum absolute atomic E-state index is 6.08. The van der Waals surface area contributed by atoms with E-state index in [-0.39, 0.29) is 6.04 Å². The third-order valence-corrected chi connectivity index (χ3v) is 4.53. The van der Waals surface area contributed by atoms with Crippen LogP contribution >= 0.6 is 0 Å². The Bertz CT molecular complexity index is 495. The molecule has 1 unspecified atom stereocenters. The predicted octanol–water partition coefficient (Wildman–Crippen LogP) is 2.99. The fourth-order valence-corrected chi connectivity index (χ4v) is 3.31. The highest BCUT2D eigenvalue weighted by Crippen LogP contribution is 2.31. The predicted molar refractivity (Wildman–Crippen MR) is 85.5 cm³/mol. The first kappa shape index (κ1) is 14.2. The summed E-state index contributed by atoms with van der Waals surface area (Å²) in [4.78, 5) is 4.56. The molecule has 1 aliphatic heterocycles. The van der Waals surface area contributed by atoms with Crippen LogP contribution in [0.3, 0.4) is 0 Å². The zero-order valence-corrected chi connectivity index (χ0v) is 12.6. The van der Waals surface area contributed by atoms with Crippen LogP contribution in [-0.2, 0) is 0 Å². The molecule has 2 aliphatic rings. The quantitative estimate of drug-likeness (QED) is 0.663. The van der Waals surface area contributed by atoms with Gasteiger partial charge in [0, 0.05) is 18.5 Å². The van der Waals surface area contributed by atoms with Crippen LogP contribution in [0.1, 0.15) is 50.1 Å². The molecular weight excluding hydrogens is 262 g/mol. The highest BCUT2D eigenvalue weighted by atomic mass is 16.5. The molecule has 0 spiro atoms. The smallest absolute Gasteiger partial charge is 0.189 e. The Kier molecular flexibility index (Phi) is 4.63. The first-order valence-electron chi connectivity index (χ1n) is 8.11. The van der Waals surface area contributed by atoms with E-state index in [1.807, 2.05) is 18.2 Å². The molecule has 1 heterocycles. The SMILES string of the molecule is NC(=NCC1CCCCC1)NC1CCOc2ccccc21. The zero-order chi connectivity index (χ0) is 14.5. The molecule has 4 heteroatoms. The minimum absolute atomic E-state index is 0.213. The number of hydrogen-bond acceptors (Lipinski definition) is 2. The second kappa shape index (κ2) is 6.83. The summed E-state index contributed by atoms with van der Waals surface area (Å²) in [6.45, 7) is 1.59. The molecule has 1 aliphatic carbocycles. The van der Waals surface area contributed by atoms with Crippen molar-refractivity contribution >= 4 is 5.96 Å². The molecule has 114 valence electrons. The van der Waals surface area contributed by atoms with Crippen LogP contribution < -0.4 is 15.8 Å². The maximum atomic E-state index is 6.08. The number of nitrogens with zero attached hydrogens (tertiary/aromatic N) is 1. The molecule has 0 aromatic heterocycles. The highest BCUT2D eigenvalue weighted by molar-refractivity contribution is 5.78. The monoisotopic (exact) mass is 287 g/mol. The molecule has 21 heavy (non-hydrogen) atoms. The van der Waals surface area contributed by atoms with Gasteiger partial charge in [0.2, 0.25) is 0 Å². The number of fused-ring (bicyclic) bond motifs is 1. The van der Waals surface area contributed by atoms with Crippen LogP contribution in [0.4, 0.5) is 0 Å². The molecule has 1 fully saturated rings. The average Bonchev–Trinajstić information content (AvgIpc) is 2.54. The Balaban J connectivity index is 1.58. The van der Waals surface area contributed by atoms with Gasteiger partial charge in [0.1, 0.15) is 5.75 Å². The average molecular weight is 287 g/mol. The molecule has 0 saturated heterocycles. The highest BCUT2D eigenvalue weighted by Gasteiger charge is 2.21. The van der Waals surface area contributed by atoms with Gasteiger partial charge >= 0.3 is 0 Å². The number of rotatable bonds is 3. The van der Waals surface area contributed by atoms with Gasteiger partial charge in [0.05, 0.1) is 12.6 Å². The normalized spacial score (nSPS) is 23.2. The van der Waals surface area contributed by atoms with Crippen LogP contribution in [0.15, 0.2) is 29.3 Å². The summed E-state index contributed by atoms with van der Waals surface area (Å²) in [5.74, 6) is 2.25. The lowest BCUT2D eigenvalue weighted by atomic mass is 9.89. The summed E-state index contributed by atoms with van der Waals surface area (Å²) in [5, 5.41) is 3.36. The Morgan fingerprint density at radius 1 is 1.19 bits per heavy atom. The number of nitrogens with one attached hydrogen (secondary N) is 1. The Morgan fingerprint density at radius 3 is 2.86 bits per heavy atom. The summed E-state index contributed by atoms with van der Waals surface area (Å²) in [6.07, 6.45) is 7.61. The fourth-order valence-electron chi connectivity index (χ4n) is 3.31. The molecule has 0 amide bonds. The second-order valence-electron chi connectivity index (χ2n) is 6.10. The minimum atomic E-state index is 0.213. The van der Waals surface area contributed by atoms with Gasteiger partial charge in [-0.15, -0.1) is 0 Å². The van der Waals surface area contributed by atoms with Gasteiger partial charge < -0.3 is 15.8 Å². The van der Waals surface area contributed by atoms with Gasteiger partial charge in [-0.3, -0.25) is 4.99 Å². The zero-order valence-electron chi connectivity index (χ0n) is 12.6. The number of benzene rings is 1. The lowest BCUT2D eigenvalue weighted by Crippen LogP contribution is -2.37. The van der Waals surface area contributed by atoms with E-state index in [2.05, 4.69) is 16.4 Å². The van der Waals surface area contributed by atoms with E-state index in [1.54, 1.807) is 0 Å². The maximum Gasteiger partial charge on any atom is 0.189 e. The first-order chi connectivity index (χ1) is 10.3. The molecule has 1 aromatic rings. The van der Waals surface area contributed by atoms with Crippen molar-refractivity contribution in [1.82, 2.24) is 5.32 Å². The molecule has 3 rings (SSSR count). The topological polar surface area (TPSA) is 59.6 Å². The lowest BCUT2D eigenvalue weighted by Gasteiger charge is -2.27. The Hall–Kier alpha value is -1.71. The van der Waals surface area contributed by atoms with Gasteiger partial charge in [-0.05, 0) is 24.8 Å². The van der Waals surface area contributed by atoms with Crippen molar-refractivity contribution in [2.24, 2.45) is 16.6 Å². The molecule has 0 bridgehead atoms. The third-order valence-electron chi connectivity index (χ3n) is 4.53. The van der Waals surface area contributed by atoms with Crippen molar-refractivity contribution in [2.75, 3.05) is 13.2 Å². The molecule has 0 radical (unpaired) electrons. The molecule has 1 aromatic carbocycles. The minimum Gasteiger partial charge on any atom is -0.493 e. The Labute approximate surface area is 126 Å². The van der Waals surface area contributed by atoms with Crippen molar-refractivity contribution in [3.05, 3.63) is 29.8 Å². The van der Waals surface area contributed by atoms with Crippen molar-refractivity contribution < 1.29 is 4.74 Å². The van der Waals surface area contributed by atoms with Gasteiger partial charge in [-0.2, -0.15) is 0 Å². The van der Waals surface area contributed by atoms with Gasteiger partial charge in [0.25, 0.3) is 0 Å².